The number of hydrogen-bond acceptors (Lipinski definition) is 4. The molecule has 0 aromatic carbocycles. The number of thiazole rings is 1. The molecule has 2 heterocycles. The molecule has 0 amide bonds. The number of nitrogens with zero attached hydrogens (tertiary/aromatic N) is 2. The van der Waals surface area contributed by atoms with Crippen molar-refractivity contribution in [3.63, 3.8) is 0 Å². The van der Waals surface area contributed by atoms with Gasteiger partial charge >= 0.3 is 0 Å². The van der Waals surface area contributed by atoms with E-state index in [1.807, 2.05) is 23.3 Å². The van der Waals surface area contributed by atoms with E-state index in [0.717, 1.165) is 24.1 Å². The average molecular weight is 295 g/mol. The highest BCUT2D eigenvalue weighted by atomic mass is 32.2. The third-order valence-electron chi connectivity index (χ3n) is 4.01. The summed E-state index contributed by atoms with van der Waals surface area (Å²) in [6, 6.07) is 0. The van der Waals surface area contributed by atoms with Crippen molar-refractivity contribution < 1.29 is 0 Å². The lowest BCUT2D eigenvalue weighted by Crippen LogP contribution is -2.47. The van der Waals surface area contributed by atoms with Gasteiger partial charge in [-0.1, -0.05) is 31.5 Å². The Balaban J connectivity index is 1.53. The van der Waals surface area contributed by atoms with Crippen LogP contribution < -0.4 is 5.32 Å². The Hall–Kier alpha value is -0.550. The van der Waals surface area contributed by atoms with Gasteiger partial charge in [-0.15, -0.1) is 11.3 Å². The Morgan fingerprint density at radius 3 is 3.32 bits per heavy atom. The molecule has 2 aliphatic rings. The van der Waals surface area contributed by atoms with Gasteiger partial charge in [-0.05, 0) is 18.8 Å². The summed E-state index contributed by atoms with van der Waals surface area (Å²) in [5.74, 6) is 2.06. The van der Waals surface area contributed by atoms with Crippen LogP contribution in [0.5, 0.6) is 0 Å². The summed E-state index contributed by atoms with van der Waals surface area (Å²) in [6.07, 6.45) is 8.22. The van der Waals surface area contributed by atoms with Gasteiger partial charge in [-0.3, -0.25) is 4.99 Å². The molecule has 3 nitrogen and oxygen atoms in total. The summed E-state index contributed by atoms with van der Waals surface area (Å²) in [7, 11) is 0. The topological polar surface area (TPSA) is 37.3 Å². The van der Waals surface area contributed by atoms with Gasteiger partial charge in [0.15, 0.2) is 5.17 Å². The fourth-order valence-corrected chi connectivity index (χ4v) is 4.95. The molecule has 1 aromatic rings. The number of aliphatic imine (C=N–C) groups is 1. The van der Waals surface area contributed by atoms with Crippen LogP contribution in [0.3, 0.4) is 0 Å². The van der Waals surface area contributed by atoms with Gasteiger partial charge in [-0.25, -0.2) is 4.98 Å². The van der Waals surface area contributed by atoms with Gasteiger partial charge in [0.1, 0.15) is 0 Å². The lowest BCUT2D eigenvalue weighted by Gasteiger charge is -2.36. The van der Waals surface area contributed by atoms with E-state index in [-0.39, 0.29) is 0 Å². The maximum atomic E-state index is 4.71. The minimum absolute atomic E-state index is 0.350. The molecule has 1 aromatic heterocycles. The maximum Gasteiger partial charge on any atom is 0.157 e. The molecule has 1 spiro atoms. The van der Waals surface area contributed by atoms with E-state index in [9.17, 15) is 0 Å². The van der Waals surface area contributed by atoms with Gasteiger partial charge in [0.25, 0.3) is 0 Å². The SMILES string of the molecule is CC1CCCC2(CSC(=NCCc3nccs3)N2)C1. The van der Waals surface area contributed by atoms with E-state index in [1.165, 1.54) is 36.4 Å². The van der Waals surface area contributed by atoms with Gasteiger partial charge in [0.05, 0.1) is 5.01 Å². The van der Waals surface area contributed by atoms with Gasteiger partial charge < -0.3 is 5.32 Å². The van der Waals surface area contributed by atoms with Gasteiger partial charge in [-0.2, -0.15) is 0 Å². The van der Waals surface area contributed by atoms with E-state index in [4.69, 9.17) is 4.99 Å². The molecule has 1 saturated heterocycles. The van der Waals surface area contributed by atoms with Crippen LogP contribution in [0.4, 0.5) is 0 Å². The average Bonchev–Trinajstić information content (AvgIpc) is 3.00. The summed E-state index contributed by atoms with van der Waals surface area (Å²) < 4.78 is 0. The van der Waals surface area contributed by atoms with E-state index < -0.39 is 0 Å². The van der Waals surface area contributed by atoms with E-state index in [0.29, 0.717) is 5.54 Å². The lowest BCUT2D eigenvalue weighted by atomic mass is 9.78. The van der Waals surface area contributed by atoms with Crippen molar-refractivity contribution in [2.75, 3.05) is 12.3 Å². The molecule has 104 valence electrons. The molecule has 1 aliphatic heterocycles. The minimum Gasteiger partial charge on any atom is -0.359 e. The largest absolute Gasteiger partial charge is 0.359 e. The summed E-state index contributed by atoms with van der Waals surface area (Å²) in [5.41, 5.74) is 0.350. The minimum atomic E-state index is 0.350. The van der Waals surface area contributed by atoms with Crippen LogP contribution in [0.25, 0.3) is 0 Å². The van der Waals surface area contributed by atoms with Crippen molar-refractivity contribution >= 4 is 28.3 Å². The molecule has 19 heavy (non-hydrogen) atoms. The normalized spacial score (nSPS) is 32.9. The zero-order valence-corrected chi connectivity index (χ0v) is 13.0. The number of aromatic nitrogens is 1. The zero-order chi connectivity index (χ0) is 13.1. The first-order chi connectivity index (χ1) is 9.26. The monoisotopic (exact) mass is 295 g/mol. The summed E-state index contributed by atoms with van der Waals surface area (Å²) in [6.45, 7) is 3.24. The molecule has 3 rings (SSSR count). The predicted molar refractivity (Wildman–Crippen MR) is 84.1 cm³/mol. The van der Waals surface area contributed by atoms with Gasteiger partial charge in [0, 0.05) is 35.8 Å². The van der Waals surface area contributed by atoms with Crippen LogP contribution >= 0.6 is 23.1 Å². The van der Waals surface area contributed by atoms with Crippen molar-refractivity contribution in [2.24, 2.45) is 10.9 Å². The number of rotatable bonds is 3. The number of amidine groups is 1. The first-order valence-corrected chi connectivity index (χ1v) is 8.96. The van der Waals surface area contributed by atoms with Crippen molar-refractivity contribution in [3.05, 3.63) is 16.6 Å². The van der Waals surface area contributed by atoms with Crippen molar-refractivity contribution in [1.29, 1.82) is 0 Å². The molecular formula is C14H21N3S2. The summed E-state index contributed by atoms with van der Waals surface area (Å²) in [5, 5.41) is 8.09. The molecule has 2 atom stereocenters. The second-order valence-corrected chi connectivity index (χ2v) is 7.70. The van der Waals surface area contributed by atoms with E-state index >= 15 is 0 Å². The first-order valence-electron chi connectivity index (χ1n) is 7.10. The first kappa shape index (κ1) is 13.4. The molecule has 0 bridgehead atoms. The molecule has 5 heteroatoms. The molecule has 2 unspecified atom stereocenters. The molecule has 1 N–H and O–H groups in total. The van der Waals surface area contributed by atoms with Crippen molar-refractivity contribution in [2.45, 2.75) is 44.6 Å². The third-order valence-corrected chi connectivity index (χ3v) is 6.05. The Morgan fingerprint density at radius 1 is 1.58 bits per heavy atom. The molecule has 0 radical (unpaired) electrons. The highest BCUT2D eigenvalue weighted by Crippen LogP contribution is 2.38. The summed E-state index contributed by atoms with van der Waals surface area (Å²) in [4.78, 5) is 9.00. The van der Waals surface area contributed by atoms with Crippen LogP contribution in [0.1, 0.15) is 37.6 Å². The highest BCUT2D eigenvalue weighted by Gasteiger charge is 2.40. The van der Waals surface area contributed by atoms with Gasteiger partial charge in [0.2, 0.25) is 0 Å². The second-order valence-electron chi connectivity index (χ2n) is 5.76. The summed E-state index contributed by atoms with van der Waals surface area (Å²) >= 11 is 3.63. The third kappa shape index (κ3) is 3.31. The zero-order valence-electron chi connectivity index (χ0n) is 11.4. The standard InChI is InChI=1S/C14H21N3S2/c1-11-3-2-5-14(9-11)10-19-13(17-14)16-6-4-12-15-7-8-18-12/h7-8,11H,2-6,9-10H2,1H3,(H,16,17). The van der Waals surface area contributed by atoms with E-state index in [1.54, 1.807) is 11.3 Å². The molecule has 2 fully saturated rings. The number of thioether (sulfide) groups is 1. The van der Waals surface area contributed by atoms with E-state index in [2.05, 4.69) is 17.2 Å². The number of hydrogen-bond donors (Lipinski definition) is 1. The number of nitrogens with one attached hydrogen (secondary N) is 1. The second kappa shape index (κ2) is 5.83. The fraction of sp³-hybridized carbons (Fsp3) is 0.714. The predicted octanol–water partition coefficient (Wildman–Crippen LogP) is 3.33. The van der Waals surface area contributed by atoms with Crippen LogP contribution in [0.15, 0.2) is 16.6 Å². The molecule has 1 saturated carbocycles. The van der Waals surface area contributed by atoms with Crippen LogP contribution in [-0.2, 0) is 6.42 Å². The smallest absolute Gasteiger partial charge is 0.157 e. The Labute approximate surface area is 123 Å². The molecular weight excluding hydrogens is 274 g/mol. The lowest BCUT2D eigenvalue weighted by molar-refractivity contribution is 0.242. The van der Waals surface area contributed by atoms with Crippen LogP contribution in [-0.4, -0.2) is 28.0 Å². The molecule has 1 aliphatic carbocycles. The Morgan fingerprint density at radius 2 is 2.53 bits per heavy atom. The van der Waals surface area contributed by atoms with Crippen LogP contribution in [0, 0.1) is 5.92 Å². The Bertz CT molecular complexity index is 444. The highest BCUT2D eigenvalue weighted by molar-refractivity contribution is 8.14. The van der Waals surface area contributed by atoms with Crippen molar-refractivity contribution in [3.8, 4) is 0 Å². The maximum absolute atomic E-state index is 4.71. The fourth-order valence-electron chi connectivity index (χ4n) is 3.12. The van der Waals surface area contributed by atoms with Crippen LogP contribution in [0.2, 0.25) is 0 Å². The Kier molecular flexibility index (Phi) is 4.12. The quantitative estimate of drug-likeness (QED) is 0.929. The van der Waals surface area contributed by atoms with Crippen molar-refractivity contribution in [1.82, 2.24) is 10.3 Å².